The Morgan fingerprint density at radius 2 is 1.97 bits per heavy atom. The number of nitrogens with zero attached hydrogens (tertiary/aromatic N) is 6. The molecule has 0 bridgehead atoms. The van der Waals surface area contributed by atoms with Gasteiger partial charge in [0.15, 0.2) is 5.82 Å². The molecule has 0 fully saturated rings. The molecule has 29 heavy (non-hydrogen) atoms. The summed E-state index contributed by atoms with van der Waals surface area (Å²) < 4.78 is 46.6. The number of rotatable bonds is 5. The molecule has 0 atom stereocenters. The summed E-state index contributed by atoms with van der Waals surface area (Å²) in [7, 11) is 3.71. The summed E-state index contributed by atoms with van der Waals surface area (Å²) in [6.07, 6.45) is -1.76. The number of aromatic nitrogens is 5. The highest BCUT2D eigenvalue weighted by molar-refractivity contribution is 5.83. The summed E-state index contributed by atoms with van der Waals surface area (Å²) in [6.45, 7) is -0.0128. The van der Waals surface area contributed by atoms with Gasteiger partial charge in [-0.05, 0) is 6.07 Å². The summed E-state index contributed by atoms with van der Waals surface area (Å²) in [5.41, 5.74) is 0.625. The van der Waals surface area contributed by atoms with Crippen molar-refractivity contribution in [3.8, 4) is 11.5 Å². The van der Waals surface area contributed by atoms with E-state index in [9.17, 15) is 18.0 Å². The highest BCUT2D eigenvalue weighted by Crippen LogP contribution is 2.28. The smallest absolute Gasteiger partial charge is 0.444 e. The maximum atomic E-state index is 12.5. The third-order valence-corrected chi connectivity index (χ3v) is 3.42. The fraction of sp³-hybridized carbons (Fsp3) is 0.250. The standard InChI is InChI=1S/C16H14F3N7O3/c1-26(2)12-4-3-9(5-22-12)8-28-15(27)23-11-7-20-10(6-21-11)13-24-14(29-25-13)16(17,18)19/h3-7H,8H2,1-2H3,(H,21,23,27). The number of halogens is 3. The van der Waals surface area contributed by atoms with Gasteiger partial charge < -0.3 is 14.2 Å². The summed E-state index contributed by atoms with van der Waals surface area (Å²) in [5, 5.41) is 5.54. The first kappa shape index (κ1) is 20.0. The number of ether oxygens (including phenoxy) is 1. The minimum Gasteiger partial charge on any atom is -0.444 e. The molecule has 0 unspecified atom stereocenters. The predicted molar refractivity (Wildman–Crippen MR) is 92.7 cm³/mol. The van der Waals surface area contributed by atoms with Crippen LogP contribution in [0.15, 0.2) is 35.2 Å². The molecule has 0 spiro atoms. The average molecular weight is 409 g/mol. The van der Waals surface area contributed by atoms with E-state index in [4.69, 9.17) is 4.74 Å². The molecule has 3 heterocycles. The molecule has 10 nitrogen and oxygen atoms in total. The average Bonchev–Trinajstić information content (AvgIpc) is 3.18. The Morgan fingerprint density at radius 1 is 1.17 bits per heavy atom. The first-order chi connectivity index (χ1) is 13.7. The lowest BCUT2D eigenvalue weighted by atomic mass is 10.3. The number of pyridine rings is 1. The largest absolute Gasteiger partial charge is 0.471 e. The Labute approximate surface area is 161 Å². The Kier molecular flexibility index (Phi) is 5.57. The molecule has 0 aliphatic rings. The zero-order chi connectivity index (χ0) is 21.0. The van der Waals surface area contributed by atoms with Crippen molar-refractivity contribution in [1.82, 2.24) is 25.1 Å². The number of anilines is 2. The second-order valence-electron chi connectivity index (χ2n) is 5.83. The summed E-state index contributed by atoms with van der Waals surface area (Å²) >= 11 is 0. The second kappa shape index (κ2) is 8.08. The van der Waals surface area contributed by atoms with Gasteiger partial charge >= 0.3 is 18.2 Å². The lowest BCUT2D eigenvalue weighted by Crippen LogP contribution is -2.15. The number of carbonyl (C=O) groups is 1. The molecule has 1 amide bonds. The van der Waals surface area contributed by atoms with Crippen LogP contribution in [0.4, 0.5) is 29.6 Å². The van der Waals surface area contributed by atoms with Crippen LogP contribution in [0.2, 0.25) is 0 Å². The fourth-order valence-corrected chi connectivity index (χ4v) is 2.01. The van der Waals surface area contributed by atoms with Crippen LogP contribution in [0.1, 0.15) is 11.5 Å². The predicted octanol–water partition coefficient (Wildman–Crippen LogP) is 2.76. The van der Waals surface area contributed by atoms with Crippen LogP contribution < -0.4 is 10.2 Å². The van der Waals surface area contributed by atoms with Gasteiger partial charge in [-0.25, -0.2) is 19.7 Å². The first-order valence-corrected chi connectivity index (χ1v) is 8.02. The molecule has 3 aromatic rings. The van der Waals surface area contributed by atoms with Crippen molar-refractivity contribution in [2.45, 2.75) is 12.8 Å². The second-order valence-corrected chi connectivity index (χ2v) is 5.83. The lowest BCUT2D eigenvalue weighted by Gasteiger charge is -2.11. The monoisotopic (exact) mass is 409 g/mol. The van der Waals surface area contributed by atoms with Crippen molar-refractivity contribution < 1.29 is 27.2 Å². The van der Waals surface area contributed by atoms with Crippen molar-refractivity contribution in [3.63, 3.8) is 0 Å². The van der Waals surface area contributed by atoms with E-state index in [0.29, 0.717) is 5.56 Å². The Morgan fingerprint density at radius 3 is 2.52 bits per heavy atom. The normalized spacial score (nSPS) is 11.2. The molecule has 3 aromatic heterocycles. The van der Waals surface area contributed by atoms with Crippen LogP contribution in [0, 0.1) is 0 Å². The van der Waals surface area contributed by atoms with E-state index in [0.717, 1.165) is 18.2 Å². The highest BCUT2D eigenvalue weighted by atomic mass is 19.4. The van der Waals surface area contributed by atoms with E-state index < -0.39 is 18.2 Å². The molecule has 152 valence electrons. The molecule has 0 aliphatic heterocycles. The van der Waals surface area contributed by atoms with Crippen LogP contribution in [0.5, 0.6) is 0 Å². The molecule has 0 aliphatic carbocycles. The SMILES string of the molecule is CN(C)c1ccc(COC(=O)Nc2cnc(-c3noc(C(F)(F)F)n3)cn2)cn1. The molecular formula is C16H14F3N7O3. The minimum atomic E-state index is -4.76. The van der Waals surface area contributed by atoms with Gasteiger partial charge in [-0.3, -0.25) is 5.32 Å². The fourth-order valence-electron chi connectivity index (χ4n) is 2.01. The Hall–Kier alpha value is -3.77. The van der Waals surface area contributed by atoms with Gasteiger partial charge in [0, 0.05) is 25.9 Å². The van der Waals surface area contributed by atoms with Gasteiger partial charge in [-0.2, -0.15) is 18.2 Å². The maximum Gasteiger partial charge on any atom is 0.471 e. The van der Waals surface area contributed by atoms with Crippen LogP contribution in [0.3, 0.4) is 0 Å². The zero-order valence-corrected chi connectivity index (χ0v) is 15.1. The number of hydrogen-bond donors (Lipinski definition) is 1. The van der Waals surface area contributed by atoms with Crippen molar-refractivity contribution in [2.24, 2.45) is 0 Å². The van der Waals surface area contributed by atoms with Crippen LogP contribution in [0.25, 0.3) is 11.5 Å². The number of carbonyl (C=O) groups excluding carboxylic acids is 1. The van der Waals surface area contributed by atoms with E-state index >= 15 is 0 Å². The Bertz CT molecular complexity index is 973. The Balaban J connectivity index is 1.55. The van der Waals surface area contributed by atoms with Gasteiger partial charge in [-0.15, -0.1) is 0 Å². The number of alkyl halides is 3. The number of amides is 1. The van der Waals surface area contributed by atoms with E-state index in [1.807, 2.05) is 19.0 Å². The van der Waals surface area contributed by atoms with Gasteiger partial charge in [0.05, 0.1) is 12.4 Å². The van der Waals surface area contributed by atoms with E-state index in [1.54, 1.807) is 18.3 Å². The zero-order valence-electron chi connectivity index (χ0n) is 15.1. The maximum absolute atomic E-state index is 12.5. The van der Waals surface area contributed by atoms with Crippen molar-refractivity contribution >= 4 is 17.7 Å². The summed E-state index contributed by atoms with van der Waals surface area (Å²) in [6, 6.07) is 3.55. The third kappa shape index (κ3) is 5.15. The third-order valence-electron chi connectivity index (χ3n) is 3.42. The van der Waals surface area contributed by atoms with Gasteiger partial charge in [-0.1, -0.05) is 11.2 Å². The molecule has 0 aromatic carbocycles. The van der Waals surface area contributed by atoms with E-state index in [1.165, 1.54) is 0 Å². The topological polar surface area (TPSA) is 119 Å². The summed E-state index contributed by atoms with van der Waals surface area (Å²) in [5.74, 6) is -1.09. The lowest BCUT2D eigenvalue weighted by molar-refractivity contribution is -0.159. The minimum absolute atomic E-state index is 0.0128. The molecular weight excluding hydrogens is 395 g/mol. The van der Waals surface area contributed by atoms with Gasteiger partial charge in [0.1, 0.15) is 18.1 Å². The first-order valence-electron chi connectivity index (χ1n) is 8.02. The number of nitrogens with one attached hydrogen (secondary N) is 1. The quantitative estimate of drug-likeness (QED) is 0.678. The van der Waals surface area contributed by atoms with Crippen molar-refractivity contribution in [2.75, 3.05) is 24.3 Å². The molecule has 0 radical (unpaired) electrons. The van der Waals surface area contributed by atoms with Crippen LogP contribution >= 0.6 is 0 Å². The molecule has 0 saturated carbocycles. The van der Waals surface area contributed by atoms with Crippen molar-refractivity contribution in [3.05, 3.63) is 42.2 Å². The molecule has 0 saturated heterocycles. The molecule has 3 rings (SSSR count). The van der Waals surface area contributed by atoms with E-state index in [-0.39, 0.29) is 23.9 Å². The van der Waals surface area contributed by atoms with Crippen LogP contribution in [-0.4, -0.2) is 45.3 Å². The molecule has 1 N–H and O–H groups in total. The van der Waals surface area contributed by atoms with Crippen LogP contribution in [-0.2, 0) is 17.5 Å². The van der Waals surface area contributed by atoms with Gasteiger partial charge in [0.2, 0.25) is 5.82 Å². The highest BCUT2D eigenvalue weighted by Gasteiger charge is 2.38. The molecule has 13 heteroatoms. The summed E-state index contributed by atoms with van der Waals surface area (Å²) in [4.78, 5) is 28.8. The van der Waals surface area contributed by atoms with E-state index in [2.05, 4.69) is 34.9 Å². The van der Waals surface area contributed by atoms with Gasteiger partial charge in [0.25, 0.3) is 0 Å². The number of hydrogen-bond acceptors (Lipinski definition) is 9. The van der Waals surface area contributed by atoms with Crippen molar-refractivity contribution in [1.29, 1.82) is 0 Å².